The normalized spacial score (nSPS) is 16.6. The molecule has 0 radical (unpaired) electrons. The van der Waals surface area contributed by atoms with Gasteiger partial charge in [-0.15, -0.1) is 22.7 Å². The smallest absolute Gasteiger partial charge is 0.348 e. The van der Waals surface area contributed by atoms with Crippen LogP contribution in [0.25, 0.3) is 42.9 Å². The molecule has 2 aromatic carbocycles. The summed E-state index contributed by atoms with van der Waals surface area (Å²) < 4.78 is 28.5. The van der Waals surface area contributed by atoms with Gasteiger partial charge >= 0.3 is 11.9 Å². The van der Waals surface area contributed by atoms with Crippen LogP contribution in [0, 0.1) is 0 Å². The molecular weight excluding hydrogens is 833 g/mol. The van der Waals surface area contributed by atoms with Crippen molar-refractivity contribution < 1.29 is 33.3 Å². The number of methoxy groups -OCH3 is 2. The van der Waals surface area contributed by atoms with Crippen LogP contribution in [0.4, 0.5) is 11.4 Å². The van der Waals surface area contributed by atoms with Crippen LogP contribution in [-0.4, -0.2) is 75.1 Å². The second-order valence-electron chi connectivity index (χ2n) is 17.2. The van der Waals surface area contributed by atoms with E-state index in [2.05, 4.69) is 45.3 Å². The first kappa shape index (κ1) is 43.0. The van der Waals surface area contributed by atoms with Crippen molar-refractivity contribution in [2.45, 2.75) is 103 Å². The average Bonchev–Trinajstić information content (AvgIpc) is 4.04. The van der Waals surface area contributed by atoms with Gasteiger partial charge in [-0.3, -0.25) is 4.79 Å². The third kappa shape index (κ3) is 7.79. The highest BCUT2D eigenvalue weighted by molar-refractivity contribution is 7.21. The number of amides is 1. The largest absolute Gasteiger partial charge is 0.494 e. The van der Waals surface area contributed by atoms with Crippen LogP contribution < -0.4 is 19.3 Å². The summed E-state index contributed by atoms with van der Waals surface area (Å²) in [5, 5.41) is 0. The minimum absolute atomic E-state index is 0.0107. The molecule has 0 N–H and O–H groups in total. The predicted octanol–water partition coefficient (Wildman–Crippen LogP) is 11.6. The molecule has 4 aliphatic rings. The van der Waals surface area contributed by atoms with Gasteiger partial charge in [-0.25, -0.2) is 9.59 Å². The Balaban J connectivity index is 0.000000160. The number of esters is 2. The van der Waals surface area contributed by atoms with Crippen LogP contribution in [0.1, 0.15) is 120 Å². The Morgan fingerprint density at radius 1 is 0.635 bits per heavy atom. The molecule has 2 fully saturated rings. The number of rotatable bonds is 8. The lowest BCUT2D eigenvalue weighted by molar-refractivity contribution is -0.118. The summed E-state index contributed by atoms with van der Waals surface area (Å²) in [4.78, 5) is 43.2. The summed E-state index contributed by atoms with van der Waals surface area (Å²) in [7, 11) is 6.86. The third-order valence-electron chi connectivity index (χ3n) is 13.5. The van der Waals surface area contributed by atoms with Gasteiger partial charge in [0.2, 0.25) is 5.91 Å². The van der Waals surface area contributed by atoms with Gasteiger partial charge in [0.05, 0.1) is 64.9 Å². The minimum atomic E-state index is -0.325. The Morgan fingerprint density at radius 3 is 1.62 bits per heavy atom. The molecule has 0 saturated heterocycles. The monoisotopic (exact) mass is 890 g/mol. The molecule has 6 aromatic rings. The van der Waals surface area contributed by atoms with Gasteiger partial charge in [0.1, 0.15) is 27.8 Å². The number of anilines is 2. The summed E-state index contributed by atoms with van der Waals surface area (Å²) in [6.07, 6.45) is 12.3. The molecule has 1 amide bonds. The summed E-state index contributed by atoms with van der Waals surface area (Å²) in [6, 6.07) is 16.5. The van der Waals surface area contributed by atoms with E-state index in [9.17, 15) is 14.4 Å². The Kier molecular flexibility index (Phi) is 12.3. The lowest BCUT2D eigenvalue weighted by Gasteiger charge is -2.24. The van der Waals surface area contributed by atoms with Crippen molar-refractivity contribution in [3.05, 3.63) is 69.4 Å². The molecule has 332 valence electrons. The molecule has 13 heteroatoms. The first-order valence-corrected chi connectivity index (χ1v) is 24.3. The Hall–Kier alpha value is -5.27. The predicted molar refractivity (Wildman–Crippen MR) is 254 cm³/mol. The number of nitrogens with zero attached hydrogens (tertiary/aromatic N) is 4. The third-order valence-corrected chi connectivity index (χ3v) is 15.8. The van der Waals surface area contributed by atoms with E-state index >= 15 is 0 Å². The number of carbonyl (C=O) groups excluding carboxylic acids is 3. The maximum Gasteiger partial charge on any atom is 0.348 e. The summed E-state index contributed by atoms with van der Waals surface area (Å²) in [5.41, 5.74) is 11.7. The van der Waals surface area contributed by atoms with Crippen molar-refractivity contribution in [3.63, 3.8) is 0 Å². The fourth-order valence-electron chi connectivity index (χ4n) is 10.5. The second-order valence-corrected chi connectivity index (χ2v) is 19.3. The molecule has 0 bridgehead atoms. The van der Waals surface area contributed by atoms with Crippen LogP contribution in [0.3, 0.4) is 0 Å². The van der Waals surface area contributed by atoms with E-state index in [1.807, 2.05) is 45.2 Å². The number of ether oxygens (including phenoxy) is 4. The number of hydrogen-bond donors (Lipinski definition) is 0. The van der Waals surface area contributed by atoms with Gasteiger partial charge in [-0.1, -0.05) is 38.5 Å². The summed E-state index contributed by atoms with van der Waals surface area (Å²) >= 11 is 3.10. The molecule has 4 aromatic heterocycles. The second kappa shape index (κ2) is 18.1. The highest BCUT2D eigenvalue weighted by Crippen LogP contribution is 2.52. The molecule has 0 atom stereocenters. The highest BCUT2D eigenvalue weighted by atomic mass is 32.1. The number of fused-ring (bicyclic) bond motifs is 10. The number of benzene rings is 2. The van der Waals surface area contributed by atoms with Crippen LogP contribution in [0.2, 0.25) is 0 Å². The molecule has 0 spiro atoms. The van der Waals surface area contributed by atoms with E-state index < -0.39 is 0 Å². The molecule has 63 heavy (non-hydrogen) atoms. The SMILES string of the molecule is CCOc1ccc2c(c1)N(C)C(=O)Cn1c-2c(C2CCCCC2)c2sc(C(=O)OC)cc21.CCOc1ccc2c(c1)N(C)CCn1c-2c(C2CCCCC2)c2sc(C(=O)OC)cc21. The van der Waals surface area contributed by atoms with Crippen LogP contribution in [0.15, 0.2) is 48.5 Å². The van der Waals surface area contributed by atoms with Gasteiger partial charge in [0.15, 0.2) is 0 Å². The lowest BCUT2D eigenvalue weighted by atomic mass is 9.83. The zero-order valence-corrected chi connectivity index (χ0v) is 39.0. The van der Waals surface area contributed by atoms with Crippen molar-refractivity contribution in [3.8, 4) is 34.0 Å². The first-order chi connectivity index (χ1) is 30.6. The van der Waals surface area contributed by atoms with E-state index in [1.54, 1.807) is 16.2 Å². The number of thiophene rings is 2. The van der Waals surface area contributed by atoms with E-state index in [-0.39, 0.29) is 24.4 Å². The van der Waals surface area contributed by atoms with Crippen molar-refractivity contribution in [1.29, 1.82) is 0 Å². The molecule has 10 rings (SSSR count). The van der Waals surface area contributed by atoms with Crippen LogP contribution in [0.5, 0.6) is 11.5 Å². The lowest BCUT2D eigenvalue weighted by Crippen LogP contribution is -2.28. The fourth-order valence-corrected chi connectivity index (χ4v) is 12.9. The number of hydrogen-bond acceptors (Lipinski definition) is 10. The topological polar surface area (TPSA) is 104 Å². The highest BCUT2D eigenvalue weighted by Gasteiger charge is 2.35. The van der Waals surface area contributed by atoms with Gasteiger partial charge < -0.3 is 37.9 Å². The zero-order valence-electron chi connectivity index (χ0n) is 37.3. The maximum absolute atomic E-state index is 13.2. The van der Waals surface area contributed by atoms with Crippen molar-refractivity contribution in [2.75, 3.05) is 57.9 Å². The Bertz CT molecular complexity index is 2690. The number of likely N-dealkylation sites (N-methyl/N-ethyl adjacent to an activating group) is 2. The first-order valence-electron chi connectivity index (χ1n) is 22.7. The van der Waals surface area contributed by atoms with Crippen molar-refractivity contribution in [2.24, 2.45) is 0 Å². The van der Waals surface area contributed by atoms with Gasteiger partial charge in [0.25, 0.3) is 0 Å². The zero-order chi connectivity index (χ0) is 43.9. The average molecular weight is 891 g/mol. The molecule has 6 heterocycles. The van der Waals surface area contributed by atoms with Crippen LogP contribution in [-0.2, 0) is 27.4 Å². The number of aromatic nitrogens is 2. The fraction of sp³-hybridized carbons (Fsp3) is 0.460. The van der Waals surface area contributed by atoms with Gasteiger partial charge in [-0.2, -0.15) is 0 Å². The Morgan fingerprint density at radius 2 is 1.11 bits per heavy atom. The van der Waals surface area contributed by atoms with Crippen LogP contribution >= 0.6 is 22.7 Å². The van der Waals surface area contributed by atoms with E-state index in [0.717, 1.165) is 64.6 Å². The minimum Gasteiger partial charge on any atom is -0.494 e. The molecule has 2 aliphatic carbocycles. The van der Waals surface area contributed by atoms with Gasteiger partial charge in [0, 0.05) is 56.1 Å². The van der Waals surface area contributed by atoms with E-state index in [4.69, 9.17) is 18.9 Å². The molecule has 0 unspecified atom stereocenters. The maximum atomic E-state index is 13.2. The van der Waals surface area contributed by atoms with Crippen molar-refractivity contribution >= 4 is 72.3 Å². The summed E-state index contributed by atoms with van der Waals surface area (Å²) in [5.74, 6) is 2.09. The van der Waals surface area contributed by atoms with Crippen molar-refractivity contribution in [1.82, 2.24) is 9.13 Å². The number of carbonyl (C=O) groups is 3. The molecular formula is C50H58N4O7S2. The summed E-state index contributed by atoms with van der Waals surface area (Å²) in [6.45, 7) is 7.27. The molecule has 2 aliphatic heterocycles. The van der Waals surface area contributed by atoms with E-state index in [1.165, 1.54) is 115 Å². The standard InChI is InChI=1S/C25H28N2O4S.C25H30N2O3S/c1-4-31-16-10-11-17-18(12-16)26(2)21(28)14-27-19-13-20(25(29)30-3)32-24(19)22(23(17)27)15-8-6-5-7-9-15;1-4-30-17-10-11-18-19(14-17)26(2)12-13-27-20-15-21(25(28)29-3)31-24(20)22(23(18)27)16-8-6-5-7-9-16/h10-13,15H,4-9,14H2,1-3H3;10-11,14-16H,4-9,12-13H2,1-3H3. The molecule has 2 saturated carbocycles. The van der Waals surface area contributed by atoms with Gasteiger partial charge in [-0.05, 0) is 98.9 Å². The quantitative estimate of drug-likeness (QED) is 0.139. The van der Waals surface area contributed by atoms with E-state index in [0.29, 0.717) is 34.8 Å². The molecule has 11 nitrogen and oxygen atoms in total. The Labute approximate surface area is 377 Å².